The van der Waals surface area contributed by atoms with Gasteiger partial charge in [-0.05, 0) is 68.9 Å². The first-order chi connectivity index (χ1) is 12.0. The van der Waals surface area contributed by atoms with Gasteiger partial charge in [0.1, 0.15) is 16.8 Å². The highest BCUT2D eigenvalue weighted by Crippen LogP contribution is 2.39. The predicted octanol–water partition coefficient (Wildman–Crippen LogP) is 4.78. The number of nitrogens with zero attached hydrogens (tertiary/aromatic N) is 1. The molecule has 0 radical (unpaired) electrons. The maximum Gasteiger partial charge on any atom is 0.256 e. The van der Waals surface area contributed by atoms with Crippen molar-refractivity contribution in [2.75, 3.05) is 5.32 Å². The van der Waals surface area contributed by atoms with Crippen molar-refractivity contribution in [1.82, 2.24) is 0 Å². The largest absolute Gasteiger partial charge is 0.491 e. The standard InChI is InChI=1S/C20H22N2O2S/c1-12(2)24-15-7-5-14(6-8-15)19(23)22-20-17(11-21)16-9-4-13(3)10-18(16)25-20/h5-8,12-13H,4,9-10H2,1-3H3,(H,22,23). The molecule has 0 aliphatic heterocycles. The van der Waals surface area contributed by atoms with Crippen molar-refractivity contribution in [3.05, 3.63) is 45.8 Å². The van der Waals surface area contributed by atoms with Crippen LogP contribution in [0, 0.1) is 17.2 Å². The number of hydrogen-bond donors (Lipinski definition) is 1. The number of anilines is 1. The molecule has 5 heteroatoms. The summed E-state index contributed by atoms with van der Waals surface area (Å²) in [4.78, 5) is 13.8. The van der Waals surface area contributed by atoms with Crippen LogP contribution in [-0.2, 0) is 12.8 Å². The van der Waals surface area contributed by atoms with Gasteiger partial charge in [0.2, 0.25) is 0 Å². The zero-order valence-corrected chi connectivity index (χ0v) is 15.6. The minimum atomic E-state index is -0.195. The van der Waals surface area contributed by atoms with E-state index in [1.54, 1.807) is 35.6 Å². The van der Waals surface area contributed by atoms with Crippen LogP contribution in [0.4, 0.5) is 5.00 Å². The molecule has 1 unspecified atom stereocenters. The summed E-state index contributed by atoms with van der Waals surface area (Å²) in [7, 11) is 0. The van der Waals surface area contributed by atoms with Crippen LogP contribution in [0.3, 0.4) is 0 Å². The number of carbonyl (C=O) groups excluding carboxylic acids is 1. The van der Waals surface area contributed by atoms with Crippen molar-refractivity contribution in [3.63, 3.8) is 0 Å². The fraction of sp³-hybridized carbons (Fsp3) is 0.400. The lowest BCUT2D eigenvalue weighted by Gasteiger charge is -2.17. The van der Waals surface area contributed by atoms with Gasteiger partial charge >= 0.3 is 0 Å². The third kappa shape index (κ3) is 3.85. The molecule has 0 saturated carbocycles. The summed E-state index contributed by atoms with van der Waals surface area (Å²) in [6.07, 6.45) is 3.11. The van der Waals surface area contributed by atoms with Gasteiger partial charge < -0.3 is 10.1 Å². The van der Waals surface area contributed by atoms with Gasteiger partial charge in [0.25, 0.3) is 5.91 Å². The first kappa shape index (κ1) is 17.5. The maximum absolute atomic E-state index is 12.5. The molecule has 1 aromatic carbocycles. The molecule has 0 saturated heterocycles. The van der Waals surface area contributed by atoms with Crippen LogP contribution in [-0.4, -0.2) is 12.0 Å². The van der Waals surface area contributed by atoms with Crippen LogP contribution in [0.5, 0.6) is 5.75 Å². The van der Waals surface area contributed by atoms with E-state index in [4.69, 9.17) is 4.74 Å². The van der Waals surface area contributed by atoms with Crippen LogP contribution < -0.4 is 10.1 Å². The lowest BCUT2D eigenvalue weighted by Crippen LogP contribution is -2.12. The predicted molar refractivity (Wildman–Crippen MR) is 100 cm³/mol. The van der Waals surface area contributed by atoms with Crippen LogP contribution in [0.1, 0.15) is 53.6 Å². The molecule has 0 fully saturated rings. The molecule has 1 heterocycles. The van der Waals surface area contributed by atoms with Crippen molar-refractivity contribution >= 4 is 22.2 Å². The topological polar surface area (TPSA) is 62.1 Å². The summed E-state index contributed by atoms with van der Waals surface area (Å²) in [5.41, 5.74) is 2.32. The fourth-order valence-electron chi connectivity index (χ4n) is 3.09. The minimum absolute atomic E-state index is 0.0951. The second-order valence-electron chi connectivity index (χ2n) is 6.81. The normalized spacial score (nSPS) is 16.2. The lowest BCUT2D eigenvalue weighted by molar-refractivity contribution is 0.102. The Morgan fingerprint density at radius 1 is 1.36 bits per heavy atom. The quantitative estimate of drug-likeness (QED) is 0.859. The smallest absolute Gasteiger partial charge is 0.256 e. The number of nitrogens with one attached hydrogen (secondary N) is 1. The Bertz CT molecular complexity index is 815. The van der Waals surface area contributed by atoms with Crippen LogP contribution >= 0.6 is 11.3 Å². The minimum Gasteiger partial charge on any atom is -0.491 e. The van der Waals surface area contributed by atoms with Gasteiger partial charge in [-0.1, -0.05) is 6.92 Å². The van der Waals surface area contributed by atoms with Crippen molar-refractivity contribution < 1.29 is 9.53 Å². The first-order valence-electron chi connectivity index (χ1n) is 8.60. The Kier molecular flexibility index (Phi) is 5.10. The van der Waals surface area contributed by atoms with Crippen molar-refractivity contribution in [2.24, 2.45) is 5.92 Å². The monoisotopic (exact) mass is 354 g/mol. The molecule has 1 aliphatic rings. The van der Waals surface area contributed by atoms with Gasteiger partial charge in [-0.25, -0.2) is 0 Å². The van der Waals surface area contributed by atoms with Crippen molar-refractivity contribution in [1.29, 1.82) is 5.26 Å². The summed E-state index contributed by atoms with van der Waals surface area (Å²) in [6.45, 7) is 6.15. The molecule has 0 spiro atoms. The number of amides is 1. The Morgan fingerprint density at radius 2 is 2.08 bits per heavy atom. The van der Waals surface area contributed by atoms with Gasteiger partial charge in [-0.2, -0.15) is 5.26 Å². The molecular formula is C20H22N2O2S. The molecule has 1 amide bonds. The number of ether oxygens (including phenoxy) is 1. The van der Waals surface area contributed by atoms with E-state index in [2.05, 4.69) is 18.3 Å². The number of rotatable bonds is 4. The molecule has 1 aliphatic carbocycles. The molecule has 130 valence electrons. The second kappa shape index (κ2) is 7.28. The summed E-state index contributed by atoms with van der Waals surface area (Å²) < 4.78 is 5.60. The summed E-state index contributed by atoms with van der Waals surface area (Å²) in [5, 5.41) is 13.1. The number of benzene rings is 1. The SMILES string of the molecule is CC1CCc2c(sc(NC(=O)c3ccc(OC(C)C)cc3)c2C#N)C1. The number of hydrogen-bond acceptors (Lipinski definition) is 4. The zero-order valence-electron chi connectivity index (χ0n) is 14.8. The summed E-state index contributed by atoms with van der Waals surface area (Å²) >= 11 is 1.55. The zero-order chi connectivity index (χ0) is 18.0. The third-order valence-electron chi connectivity index (χ3n) is 4.34. The van der Waals surface area contributed by atoms with Crippen LogP contribution in [0.25, 0.3) is 0 Å². The Hall–Kier alpha value is -2.32. The Balaban J connectivity index is 1.78. The van der Waals surface area contributed by atoms with E-state index in [-0.39, 0.29) is 12.0 Å². The van der Waals surface area contributed by atoms with E-state index in [9.17, 15) is 10.1 Å². The Labute approximate surface area is 152 Å². The first-order valence-corrected chi connectivity index (χ1v) is 9.42. The highest BCUT2D eigenvalue weighted by molar-refractivity contribution is 7.16. The molecule has 1 aromatic heterocycles. The maximum atomic E-state index is 12.5. The second-order valence-corrected chi connectivity index (χ2v) is 7.92. The van der Waals surface area contributed by atoms with Crippen molar-refractivity contribution in [3.8, 4) is 11.8 Å². The van der Waals surface area contributed by atoms with Crippen molar-refractivity contribution in [2.45, 2.75) is 46.1 Å². The molecule has 25 heavy (non-hydrogen) atoms. The number of carbonyl (C=O) groups is 1. The van der Waals surface area contributed by atoms with Gasteiger partial charge in [-0.3, -0.25) is 4.79 Å². The Morgan fingerprint density at radius 3 is 2.72 bits per heavy atom. The van der Waals surface area contributed by atoms with Crippen LogP contribution in [0.15, 0.2) is 24.3 Å². The molecule has 3 rings (SSSR count). The highest BCUT2D eigenvalue weighted by Gasteiger charge is 2.24. The third-order valence-corrected chi connectivity index (χ3v) is 5.51. The summed E-state index contributed by atoms with van der Waals surface area (Å²) in [5.74, 6) is 1.18. The molecule has 0 bridgehead atoms. The molecule has 1 atom stereocenters. The lowest BCUT2D eigenvalue weighted by atomic mass is 9.88. The summed E-state index contributed by atoms with van der Waals surface area (Å²) in [6, 6.07) is 9.36. The van der Waals surface area contributed by atoms with Gasteiger partial charge in [0.15, 0.2) is 0 Å². The van der Waals surface area contributed by atoms with E-state index in [1.165, 1.54) is 4.88 Å². The van der Waals surface area contributed by atoms with Crippen LogP contribution in [0.2, 0.25) is 0 Å². The van der Waals surface area contributed by atoms with Gasteiger partial charge in [-0.15, -0.1) is 11.3 Å². The molecular weight excluding hydrogens is 332 g/mol. The van der Waals surface area contributed by atoms with E-state index in [1.807, 2.05) is 13.8 Å². The van der Waals surface area contributed by atoms with Gasteiger partial charge in [0, 0.05) is 10.4 Å². The highest BCUT2D eigenvalue weighted by atomic mass is 32.1. The molecule has 4 nitrogen and oxygen atoms in total. The molecule has 1 N–H and O–H groups in total. The van der Waals surface area contributed by atoms with E-state index >= 15 is 0 Å². The molecule has 2 aromatic rings. The average molecular weight is 354 g/mol. The number of nitriles is 1. The van der Waals surface area contributed by atoms with E-state index in [0.29, 0.717) is 22.0 Å². The number of fused-ring (bicyclic) bond motifs is 1. The number of thiophene rings is 1. The average Bonchev–Trinajstić information content (AvgIpc) is 2.90. The fourth-order valence-corrected chi connectivity index (χ4v) is 4.45. The van der Waals surface area contributed by atoms with E-state index < -0.39 is 0 Å². The van der Waals surface area contributed by atoms with Gasteiger partial charge in [0.05, 0.1) is 11.7 Å². The van der Waals surface area contributed by atoms with E-state index in [0.717, 1.165) is 30.6 Å².